The smallest absolute Gasteiger partial charge is 0.257 e. The highest BCUT2D eigenvalue weighted by molar-refractivity contribution is 6.01. The van der Waals surface area contributed by atoms with Gasteiger partial charge in [0, 0.05) is 12.7 Å². The molecule has 3 heteroatoms. The van der Waals surface area contributed by atoms with E-state index in [0.29, 0.717) is 11.3 Å². The topological polar surface area (TPSA) is 32.3 Å². The molecule has 18 heavy (non-hydrogen) atoms. The first kappa shape index (κ1) is 9.71. The van der Waals surface area contributed by atoms with Crippen LogP contribution in [0, 0.1) is 0 Å². The molecule has 0 radical (unpaired) electrons. The van der Waals surface area contributed by atoms with Crippen molar-refractivity contribution < 1.29 is 6.21 Å². The number of nitrogens with one attached hydrogen (secondary N) is 1. The Morgan fingerprint density at radius 2 is 1.78 bits per heavy atom. The summed E-state index contributed by atoms with van der Waals surface area (Å²) in [6.45, 7) is 0. The number of nitrogens with zero attached hydrogens (tertiary/aromatic N) is 1. The van der Waals surface area contributed by atoms with Crippen molar-refractivity contribution in [3.05, 3.63) is 65.7 Å². The average Bonchev–Trinajstić information content (AvgIpc) is 2.46. The highest BCUT2D eigenvalue weighted by atomic mass is 16.2. The van der Waals surface area contributed by atoms with Gasteiger partial charge in [-0.1, -0.05) is 42.5 Å². The molecular weight excluding hydrogens is 224 g/mol. The first-order chi connectivity index (χ1) is 9.20. The molecule has 1 amide bonds. The van der Waals surface area contributed by atoms with Gasteiger partial charge >= 0.3 is 0 Å². The van der Waals surface area contributed by atoms with E-state index in [1.54, 1.807) is 18.0 Å². The van der Waals surface area contributed by atoms with Gasteiger partial charge in [-0.05, 0) is 17.7 Å². The van der Waals surface area contributed by atoms with Crippen molar-refractivity contribution in [3.8, 4) is 0 Å². The van der Waals surface area contributed by atoms with Crippen molar-refractivity contribution in [2.45, 2.75) is 6.17 Å². The summed E-state index contributed by atoms with van der Waals surface area (Å²) in [6, 6.07) is 16.9. The van der Waals surface area contributed by atoms with E-state index in [9.17, 15) is 4.79 Å². The number of para-hydroxylation sites is 1. The highest BCUT2D eigenvalue weighted by Gasteiger charge is 2.29. The van der Waals surface area contributed by atoms with Crippen LogP contribution in [-0.2, 0) is 0 Å². The van der Waals surface area contributed by atoms with E-state index >= 15 is 0 Å². The van der Waals surface area contributed by atoms with Crippen LogP contribution in [0.1, 0.15) is 22.1 Å². The minimum atomic E-state index is -0.386. The van der Waals surface area contributed by atoms with E-state index in [0.717, 1.165) is 5.56 Å². The van der Waals surface area contributed by atoms with Gasteiger partial charge in [-0.15, -0.1) is 0 Å². The minimum Gasteiger partial charge on any atom is -0.361 e. The Morgan fingerprint density at radius 3 is 2.56 bits per heavy atom. The molecule has 0 spiro atoms. The monoisotopic (exact) mass is 239 g/mol. The third-order valence-corrected chi connectivity index (χ3v) is 3.18. The summed E-state index contributed by atoms with van der Waals surface area (Å²) in [5.74, 6) is -0.0482. The summed E-state index contributed by atoms with van der Waals surface area (Å²) in [6.07, 6.45) is -0.386. The maximum atomic E-state index is 12.4. The molecule has 1 aliphatic heterocycles. The number of carbonyl (C=O) groups is 1. The van der Waals surface area contributed by atoms with Crippen LogP contribution in [0.2, 0.25) is 1.41 Å². The number of hydrogen-bond acceptors (Lipinski definition) is 2. The summed E-state index contributed by atoms with van der Waals surface area (Å²) < 4.78 is 8.31. The van der Waals surface area contributed by atoms with Crippen LogP contribution >= 0.6 is 0 Å². The molecule has 0 bridgehead atoms. The van der Waals surface area contributed by atoms with Crippen molar-refractivity contribution in [1.29, 1.82) is 0 Å². The number of carbonyl (C=O) groups excluding carboxylic acids is 1. The van der Waals surface area contributed by atoms with Crippen molar-refractivity contribution in [2.75, 3.05) is 12.4 Å². The number of rotatable bonds is 1. The zero-order valence-electron chi connectivity index (χ0n) is 11.1. The van der Waals surface area contributed by atoms with E-state index < -0.39 is 0 Å². The van der Waals surface area contributed by atoms with Gasteiger partial charge in [0.2, 0.25) is 0 Å². The lowest BCUT2D eigenvalue weighted by molar-refractivity contribution is 0.0735. The summed E-state index contributed by atoms with van der Waals surface area (Å²) >= 11 is 0. The lowest BCUT2D eigenvalue weighted by Gasteiger charge is -2.35. The zero-order valence-corrected chi connectivity index (χ0v) is 10.1. The Balaban J connectivity index is 2.12. The van der Waals surface area contributed by atoms with Crippen molar-refractivity contribution >= 4 is 11.6 Å². The van der Waals surface area contributed by atoms with E-state index in [1.807, 2.05) is 48.5 Å². The first-order valence-corrected chi connectivity index (χ1v) is 5.89. The van der Waals surface area contributed by atoms with Gasteiger partial charge < -0.3 is 10.2 Å². The van der Waals surface area contributed by atoms with Crippen LogP contribution in [0.4, 0.5) is 5.69 Å². The molecule has 1 atom stereocenters. The molecule has 0 saturated carbocycles. The van der Waals surface area contributed by atoms with Crippen LogP contribution in [0.5, 0.6) is 0 Å². The van der Waals surface area contributed by atoms with Gasteiger partial charge in [-0.25, -0.2) is 0 Å². The molecule has 3 nitrogen and oxygen atoms in total. The lowest BCUT2D eigenvalue weighted by Crippen LogP contribution is -2.40. The predicted molar refractivity (Wildman–Crippen MR) is 71.3 cm³/mol. The standard InChI is InChI=1S/C15H14N2O/c1-17-14(11-7-3-2-4-8-11)16-13-10-6-5-9-12(13)15(17)18/h2-10,14,16H,1H3/i/hD. The fourth-order valence-electron chi connectivity index (χ4n) is 2.21. The van der Waals surface area contributed by atoms with Gasteiger partial charge in [-0.3, -0.25) is 4.79 Å². The minimum absolute atomic E-state index is 0.0482. The average molecular weight is 239 g/mol. The molecule has 0 aromatic heterocycles. The fourth-order valence-corrected chi connectivity index (χ4v) is 2.21. The SMILES string of the molecule is [2H]N1c2ccccc2C(=O)N(C)C1c1ccccc1. The summed E-state index contributed by atoms with van der Waals surface area (Å²) in [7, 11) is 1.73. The van der Waals surface area contributed by atoms with Crippen molar-refractivity contribution in [3.63, 3.8) is 0 Å². The second kappa shape index (κ2) is 4.18. The van der Waals surface area contributed by atoms with Crippen LogP contribution in [0.25, 0.3) is 0 Å². The van der Waals surface area contributed by atoms with Crippen LogP contribution in [0.3, 0.4) is 0 Å². The number of fused-ring (bicyclic) bond motifs is 1. The third-order valence-electron chi connectivity index (χ3n) is 3.18. The Labute approximate surface area is 108 Å². The Morgan fingerprint density at radius 1 is 1.11 bits per heavy atom. The van der Waals surface area contributed by atoms with E-state index in [2.05, 4.69) is 0 Å². The molecule has 0 saturated heterocycles. The summed E-state index contributed by atoms with van der Waals surface area (Å²) in [5, 5.41) is 1.39. The number of hydrogen-bond donors (Lipinski definition) is 1. The van der Waals surface area contributed by atoms with Crippen LogP contribution < -0.4 is 5.31 Å². The van der Waals surface area contributed by atoms with Gasteiger partial charge in [0.05, 0.1) is 5.56 Å². The van der Waals surface area contributed by atoms with Crippen molar-refractivity contribution in [2.24, 2.45) is 0 Å². The molecule has 90 valence electrons. The van der Waals surface area contributed by atoms with Gasteiger partial charge in [0.15, 0.2) is 1.41 Å². The van der Waals surface area contributed by atoms with Crippen LogP contribution in [0.15, 0.2) is 54.6 Å². The van der Waals surface area contributed by atoms with Gasteiger partial charge in [0.25, 0.3) is 5.91 Å². The maximum absolute atomic E-state index is 12.4. The highest BCUT2D eigenvalue weighted by Crippen LogP contribution is 2.31. The Bertz CT molecular complexity index is 615. The Hall–Kier alpha value is -2.29. The number of anilines is 1. The van der Waals surface area contributed by atoms with E-state index in [4.69, 9.17) is 1.41 Å². The molecule has 3 rings (SSSR count). The Kier molecular flexibility index (Phi) is 2.26. The second-order valence-electron chi connectivity index (χ2n) is 4.35. The molecule has 2 aromatic carbocycles. The quantitative estimate of drug-likeness (QED) is 0.830. The molecule has 1 N–H and O–H groups in total. The number of benzene rings is 2. The predicted octanol–water partition coefficient (Wildman–Crippen LogP) is 2.88. The molecule has 0 aliphatic carbocycles. The van der Waals surface area contributed by atoms with Crippen molar-refractivity contribution in [1.82, 2.24) is 4.90 Å². The molecule has 2 aromatic rings. The largest absolute Gasteiger partial charge is 0.361 e. The lowest BCUT2D eigenvalue weighted by atomic mass is 10.0. The normalized spacial score (nSPS) is 19.5. The van der Waals surface area contributed by atoms with Gasteiger partial charge in [0.1, 0.15) is 6.17 Å². The number of amides is 1. The molecule has 1 unspecified atom stereocenters. The molecular formula is C15H14N2O. The first-order valence-electron chi connectivity index (χ1n) is 6.34. The van der Waals surface area contributed by atoms with Gasteiger partial charge in [-0.2, -0.15) is 0 Å². The third kappa shape index (κ3) is 1.64. The van der Waals surface area contributed by atoms with E-state index in [-0.39, 0.29) is 12.1 Å². The summed E-state index contributed by atoms with van der Waals surface area (Å²) in [5.41, 5.74) is 2.16. The fraction of sp³-hybridized carbons (Fsp3) is 0.133. The van der Waals surface area contributed by atoms with E-state index in [1.165, 1.54) is 5.31 Å². The second-order valence-corrected chi connectivity index (χ2v) is 4.35. The summed E-state index contributed by atoms with van der Waals surface area (Å²) in [4.78, 5) is 14.0. The molecule has 0 fully saturated rings. The maximum Gasteiger partial charge on any atom is 0.257 e. The zero-order chi connectivity index (χ0) is 13.4. The molecule has 1 aliphatic rings. The van der Waals surface area contributed by atoms with Crippen LogP contribution in [-0.4, -0.2) is 17.9 Å². The molecule has 1 heterocycles.